The van der Waals surface area contributed by atoms with Crippen LogP contribution >= 0.6 is 0 Å². The molecule has 3 fully saturated rings. The van der Waals surface area contributed by atoms with Gasteiger partial charge in [-0.2, -0.15) is 13.5 Å². The number of amides is 3. The minimum atomic E-state index is -4.84. The van der Waals surface area contributed by atoms with Gasteiger partial charge in [-0.25, -0.2) is 18.2 Å². The number of sulfone groups is 1. The molecule has 0 aliphatic carbocycles. The topological polar surface area (TPSA) is 154 Å². The van der Waals surface area contributed by atoms with Gasteiger partial charge >= 0.3 is 16.4 Å². The molecule has 2 bridgehead atoms. The van der Waals surface area contributed by atoms with Gasteiger partial charge in [0.05, 0.1) is 17.5 Å². The van der Waals surface area contributed by atoms with Crippen molar-refractivity contribution in [2.45, 2.75) is 24.9 Å². The Bertz CT molecular complexity index is 768. The SMILES string of the molecule is O=C(NN1CCS(=O)(=O)CC1)[C@H]1CC[C@H]2CN1C(=O)N2OS(=O)(=O)O. The van der Waals surface area contributed by atoms with Crippen molar-refractivity contribution in [2.75, 3.05) is 31.1 Å². The van der Waals surface area contributed by atoms with Crippen LogP contribution in [0.2, 0.25) is 0 Å². The second kappa shape index (κ2) is 6.35. The summed E-state index contributed by atoms with van der Waals surface area (Å²) in [6.07, 6.45) is 0.615. The van der Waals surface area contributed by atoms with Gasteiger partial charge in [0, 0.05) is 19.6 Å². The average molecular weight is 398 g/mol. The summed E-state index contributed by atoms with van der Waals surface area (Å²) < 4.78 is 57.5. The van der Waals surface area contributed by atoms with Crippen LogP contribution in [0.3, 0.4) is 0 Å². The van der Waals surface area contributed by atoms with E-state index in [0.717, 1.165) is 0 Å². The zero-order valence-corrected chi connectivity index (χ0v) is 14.7. The van der Waals surface area contributed by atoms with Crippen molar-refractivity contribution in [3.05, 3.63) is 0 Å². The third-order valence-electron chi connectivity index (χ3n) is 4.41. The van der Waals surface area contributed by atoms with Crippen LogP contribution in [0.5, 0.6) is 0 Å². The Morgan fingerprint density at radius 3 is 2.48 bits per heavy atom. The Labute approximate surface area is 144 Å². The maximum absolute atomic E-state index is 12.4. The van der Waals surface area contributed by atoms with Gasteiger partial charge in [0.15, 0.2) is 9.84 Å². The van der Waals surface area contributed by atoms with E-state index in [1.54, 1.807) is 0 Å². The van der Waals surface area contributed by atoms with E-state index in [-0.39, 0.29) is 31.1 Å². The number of hydrazine groups is 1. The lowest BCUT2D eigenvalue weighted by Gasteiger charge is -2.33. The molecule has 3 amide bonds. The summed E-state index contributed by atoms with van der Waals surface area (Å²) in [6.45, 7) is 0.422. The summed E-state index contributed by atoms with van der Waals surface area (Å²) in [5.74, 6) is -0.586. The number of hydroxylamine groups is 2. The normalized spacial score (nSPS) is 29.7. The highest BCUT2D eigenvalue weighted by Crippen LogP contribution is 2.30. The summed E-state index contributed by atoms with van der Waals surface area (Å²) in [4.78, 5) is 25.8. The lowest BCUT2D eigenvalue weighted by atomic mass is 10.0. The number of fused-ring (bicyclic) bond motifs is 2. The van der Waals surface area contributed by atoms with Crippen LogP contribution in [0.15, 0.2) is 0 Å². The summed E-state index contributed by atoms with van der Waals surface area (Å²) in [5, 5.41) is 2.05. The summed E-state index contributed by atoms with van der Waals surface area (Å²) in [6, 6.07) is -2.21. The molecule has 142 valence electrons. The van der Waals surface area contributed by atoms with Crippen LogP contribution in [-0.2, 0) is 29.3 Å². The molecular formula is C11H18N4O8S2. The molecule has 3 heterocycles. The number of nitrogens with zero attached hydrogens (tertiary/aromatic N) is 3. The molecule has 2 atom stereocenters. The van der Waals surface area contributed by atoms with Crippen LogP contribution < -0.4 is 5.43 Å². The van der Waals surface area contributed by atoms with Gasteiger partial charge in [0.2, 0.25) is 0 Å². The second-order valence-electron chi connectivity index (χ2n) is 6.12. The molecule has 25 heavy (non-hydrogen) atoms. The quantitative estimate of drug-likeness (QED) is 0.500. The first-order valence-corrected chi connectivity index (χ1v) is 10.8. The maximum atomic E-state index is 12.4. The van der Waals surface area contributed by atoms with E-state index in [1.807, 2.05) is 0 Å². The largest absolute Gasteiger partial charge is 0.418 e. The molecule has 3 aliphatic heterocycles. The molecule has 3 saturated heterocycles. The number of urea groups is 1. The Kier molecular flexibility index (Phi) is 4.65. The summed E-state index contributed by atoms with van der Waals surface area (Å²) in [5.41, 5.74) is 2.60. The highest BCUT2D eigenvalue weighted by Gasteiger charge is 2.49. The van der Waals surface area contributed by atoms with Gasteiger partial charge in [-0.3, -0.25) is 14.8 Å². The van der Waals surface area contributed by atoms with Crippen molar-refractivity contribution in [1.29, 1.82) is 0 Å². The Morgan fingerprint density at radius 2 is 1.88 bits per heavy atom. The average Bonchev–Trinajstić information content (AvgIpc) is 2.73. The van der Waals surface area contributed by atoms with Gasteiger partial charge in [-0.05, 0) is 12.8 Å². The van der Waals surface area contributed by atoms with Crippen LogP contribution in [0.25, 0.3) is 0 Å². The number of carbonyl (C=O) groups excluding carboxylic acids is 2. The van der Waals surface area contributed by atoms with Crippen LogP contribution in [0.1, 0.15) is 12.8 Å². The van der Waals surface area contributed by atoms with Crippen molar-refractivity contribution in [1.82, 2.24) is 20.4 Å². The number of hydrogen-bond acceptors (Lipinski definition) is 8. The van der Waals surface area contributed by atoms with E-state index in [0.29, 0.717) is 17.9 Å². The fourth-order valence-electron chi connectivity index (χ4n) is 3.16. The van der Waals surface area contributed by atoms with Crippen LogP contribution in [0.4, 0.5) is 4.79 Å². The number of carbonyl (C=O) groups is 2. The van der Waals surface area contributed by atoms with E-state index in [9.17, 15) is 26.4 Å². The first-order valence-electron chi connectivity index (χ1n) is 7.58. The molecule has 3 aliphatic rings. The summed E-state index contributed by atoms with van der Waals surface area (Å²) in [7, 11) is -7.92. The van der Waals surface area contributed by atoms with Crippen molar-refractivity contribution in [2.24, 2.45) is 0 Å². The molecule has 0 spiro atoms. The molecule has 0 radical (unpaired) electrons. The minimum absolute atomic E-state index is 0.0569. The Morgan fingerprint density at radius 1 is 1.24 bits per heavy atom. The van der Waals surface area contributed by atoms with Crippen molar-refractivity contribution < 1.29 is 35.3 Å². The van der Waals surface area contributed by atoms with Gasteiger partial charge in [-0.1, -0.05) is 0 Å². The van der Waals surface area contributed by atoms with E-state index in [2.05, 4.69) is 9.71 Å². The number of nitrogens with one attached hydrogen (secondary N) is 1. The van der Waals surface area contributed by atoms with Gasteiger partial charge in [0.1, 0.15) is 6.04 Å². The molecule has 0 aromatic rings. The van der Waals surface area contributed by atoms with Gasteiger partial charge in [-0.15, -0.1) is 4.28 Å². The highest BCUT2D eigenvalue weighted by atomic mass is 32.3. The lowest BCUT2D eigenvalue weighted by Crippen LogP contribution is -2.57. The fraction of sp³-hybridized carbons (Fsp3) is 0.818. The Balaban J connectivity index is 1.63. The standard InChI is InChI=1S/C11H18N4O8S2/c16-10(12-13-3-5-24(18,19)6-4-13)9-2-1-8-7-14(9)11(17)15(8)23-25(20,21)22/h8-9H,1-7H2,(H,12,16)(H,20,21,22)/t8-,9+/m0/s1. The van der Waals surface area contributed by atoms with Gasteiger partial charge in [0.25, 0.3) is 5.91 Å². The number of rotatable bonds is 4. The molecule has 0 aromatic carbocycles. The zero-order valence-electron chi connectivity index (χ0n) is 13.1. The zero-order chi connectivity index (χ0) is 18.4. The second-order valence-corrected chi connectivity index (χ2v) is 9.43. The van der Waals surface area contributed by atoms with E-state index in [4.69, 9.17) is 4.55 Å². The smallest absolute Gasteiger partial charge is 0.309 e. The molecule has 3 rings (SSSR count). The molecule has 14 heteroatoms. The minimum Gasteiger partial charge on any atom is -0.309 e. The van der Waals surface area contributed by atoms with Crippen molar-refractivity contribution in [3.8, 4) is 0 Å². The maximum Gasteiger partial charge on any atom is 0.418 e. The molecule has 12 nitrogen and oxygen atoms in total. The monoisotopic (exact) mass is 398 g/mol. The van der Waals surface area contributed by atoms with Gasteiger partial charge < -0.3 is 4.90 Å². The molecule has 0 unspecified atom stereocenters. The lowest BCUT2D eigenvalue weighted by molar-refractivity contribution is -0.131. The highest BCUT2D eigenvalue weighted by molar-refractivity contribution is 7.91. The van der Waals surface area contributed by atoms with E-state index < -0.39 is 44.3 Å². The number of hydrogen-bond donors (Lipinski definition) is 2. The van der Waals surface area contributed by atoms with Crippen LogP contribution in [0, 0.1) is 0 Å². The molecular weight excluding hydrogens is 380 g/mol. The van der Waals surface area contributed by atoms with Crippen molar-refractivity contribution in [3.63, 3.8) is 0 Å². The molecule has 0 saturated carbocycles. The third kappa shape index (κ3) is 4.03. The van der Waals surface area contributed by atoms with Crippen LogP contribution in [-0.4, -0.2) is 91.5 Å². The van der Waals surface area contributed by atoms with E-state index in [1.165, 1.54) is 9.91 Å². The third-order valence-corrected chi connectivity index (χ3v) is 6.37. The van der Waals surface area contributed by atoms with Crippen molar-refractivity contribution >= 4 is 32.2 Å². The first kappa shape index (κ1) is 18.3. The molecule has 0 aromatic heterocycles. The fourth-order valence-corrected chi connectivity index (χ4v) is 4.75. The number of piperidine rings is 1. The van der Waals surface area contributed by atoms with E-state index >= 15 is 0 Å². The predicted molar refractivity (Wildman–Crippen MR) is 81.8 cm³/mol. The first-order chi connectivity index (χ1) is 11.6. The Hall–Kier alpha value is -1.48. The predicted octanol–water partition coefficient (Wildman–Crippen LogP) is -2.25. The molecule has 2 N–H and O–H groups in total. The summed E-state index contributed by atoms with van der Waals surface area (Å²) >= 11 is 0.